The largest absolute Gasteiger partial charge is 0.480 e. The first-order chi connectivity index (χ1) is 6.90. The fourth-order valence-corrected chi connectivity index (χ4v) is 4.51. The molecule has 2 atom stereocenters. The summed E-state index contributed by atoms with van der Waals surface area (Å²) in [6.45, 7) is 3.59. The quantitative estimate of drug-likeness (QED) is 0.718. The zero-order chi connectivity index (χ0) is 11.6. The van der Waals surface area contributed by atoms with Crippen molar-refractivity contribution in [1.29, 1.82) is 0 Å². The number of aliphatic carboxylic acids is 1. The number of nitrogens with zero attached hydrogens (tertiary/aromatic N) is 1. The van der Waals surface area contributed by atoms with Gasteiger partial charge in [-0.25, -0.2) is 4.72 Å². The van der Waals surface area contributed by atoms with Gasteiger partial charge in [-0.3, -0.25) is 4.79 Å². The lowest BCUT2D eigenvalue weighted by molar-refractivity contribution is -0.140. The van der Waals surface area contributed by atoms with Crippen molar-refractivity contribution in [3.63, 3.8) is 0 Å². The zero-order valence-corrected chi connectivity index (χ0v) is 10.1. The van der Waals surface area contributed by atoms with Gasteiger partial charge < -0.3 is 5.11 Å². The fraction of sp³-hybridized carbons (Fsp3) is 0.857. The van der Waals surface area contributed by atoms with Gasteiger partial charge in [0, 0.05) is 12.3 Å². The third kappa shape index (κ3) is 2.63. The lowest BCUT2D eigenvalue weighted by Crippen LogP contribution is -2.49. The maximum Gasteiger partial charge on any atom is 0.322 e. The van der Waals surface area contributed by atoms with E-state index in [0.717, 1.165) is 4.31 Å². The summed E-state index contributed by atoms with van der Waals surface area (Å²) < 4.78 is 26.7. The average Bonchev–Trinajstić information content (AvgIpc) is 2.47. The fourth-order valence-electron chi connectivity index (χ4n) is 1.43. The Morgan fingerprint density at radius 3 is 2.73 bits per heavy atom. The van der Waals surface area contributed by atoms with Crippen molar-refractivity contribution >= 4 is 27.9 Å². The smallest absolute Gasteiger partial charge is 0.322 e. The summed E-state index contributed by atoms with van der Waals surface area (Å²) in [6.07, 6.45) is 0. The first-order valence-corrected chi connectivity index (χ1v) is 7.01. The SMILES string of the molecule is CCNS(=O)(=O)N1C(C)SCC1C(=O)O. The van der Waals surface area contributed by atoms with Gasteiger partial charge in [-0.2, -0.15) is 12.7 Å². The van der Waals surface area contributed by atoms with E-state index in [-0.39, 0.29) is 11.9 Å². The summed E-state index contributed by atoms with van der Waals surface area (Å²) in [5.41, 5.74) is 0. The van der Waals surface area contributed by atoms with Gasteiger partial charge in [0.15, 0.2) is 0 Å². The van der Waals surface area contributed by atoms with Crippen LogP contribution in [0.15, 0.2) is 0 Å². The number of hydrogen-bond acceptors (Lipinski definition) is 4. The molecule has 15 heavy (non-hydrogen) atoms. The molecule has 0 radical (unpaired) electrons. The highest BCUT2D eigenvalue weighted by molar-refractivity contribution is 8.01. The first kappa shape index (κ1) is 12.8. The summed E-state index contributed by atoms with van der Waals surface area (Å²) in [6, 6.07) is -0.964. The highest BCUT2D eigenvalue weighted by atomic mass is 32.2. The molecule has 0 bridgehead atoms. The second-order valence-corrected chi connectivity index (χ2v) is 6.13. The van der Waals surface area contributed by atoms with Crippen LogP contribution in [0.25, 0.3) is 0 Å². The molecule has 6 nitrogen and oxygen atoms in total. The minimum atomic E-state index is -3.67. The molecule has 1 fully saturated rings. The minimum absolute atomic E-state index is 0.253. The van der Waals surface area contributed by atoms with E-state index in [4.69, 9.17) is 5.11 Å². The summed E-state index contributed by atoms with van der Waals surface area (Å²) in [5, 5.41) is 8.55. The van der Waals surface area contributed by atoms with Crippen molar-refractivity contribution in [2.75, 3.05) is 12.3 Å². The van der Waals surface area contributed by atoms with Crippen LogP contribution in [-0.2, 0) is 15.0 Å². The summed E-state index contributed by atoms with van der Waals surface area (Å²) >= 11 is 1.32. The van der Waals surface area contributed by atoms with E-state index < -0.39 is 22.2 Å². The van der Waals surface area contributed by atoms with Crippen molar-refractivity contribution in [2.45, 2.75) is 25.3 Å². The Labute approximate surface area is 93.2 Å². The van der Waals surface area contributed by atoms with E-state index in [0.29, 0.717) is 5.75 Å². The molecule has 0 aromatic rings. The van der Waals surface area contributed by atoms with Crippen LogP contribution in [0.3, 0.4) is 0 Å². The van der Waals surface area contributed by atoms with Crippen LogP contribution in [-0.4, -0.2) is 47.5 Å². The van der Waals surface area contributed by atoms with Crippen LogP contribution < -0.4 is 4.72 Å². The molecule has 0 aromatic heterocycles. The zero-order valence-electron chi connectivity index (χ0n) is 8.50. The lowest BCUT2D eigenvalue weighted by atomic mass is 10.3. The molecule has 0 spiro atoms. The van der Waals surface area contributed by atoms with Crippen molar-refractivity contribution in [2.24, 2.45) is 0 Å². The molecular formula is C7H14N2O4S2. The number of hydrogen-bond donors (Lipinski definition) is 2. The standard InChI is InChI=1S/C7H14N2O4S2/c1-3-8-15(12,13)9-5(2)14-4-6(9)7(10)11/h5-6,8H,3-4H2,1-2H3,(H,10,11). The van der Waals surface area contributed by atoms with Crippen LogP contribution in [0.5, 0.6) is 0 Å². The number of rotatable bonds is 4. The highest BCUT2D eigenvalue weighted by Gasteiger charge is 2.43. The summed E-state index contributed by atoms with van der Waals surface area (Å²) in [4.78, 5) is 10.9. The van der Waals surface area contributed by atoms with Gasteiger partial charge in [0.1, 0.15) is 6.04 Å². The van der Waals surface area contributed by atoms with Gasteiger partial charge in [-0.1, -0.05) is 6.92 Å². The Kier molecular flexibility index (Phi) is 3.99. The van der Waals surface area contributed by atoms with E-state index in [1.807, 2.05) is 0 Å². The number of thioether (sulfide) groups is 1. The molecule has 8 heteroatoms. The molecule has 0 saturated carbocycles. The maximum absolute atomic E-state index is 11.7. The van der Waals surface area contributed by atoms with Gasteiger partial charge in [-0.15, -0.1) is 11.8 Å². The Hall–Kier alpha value is -0.310. The number of carboxylic acid groups (broad SMARTS) is 1. The predicted molar refractivity (Wildman–Crippen MR) is 57.8 cm³/mol. The van der Waals surface area contributed by atoms with E-state index in [1.54, 1.807) is 13.8 Å². The molecule has 1 rings (SSSR count). The van der Waals surface area contributed by atoms with E-state index in [9.17, 15) is 13.2 Å². The number of carboxylic acids is 1. The molecule has 2 unspecified atom stereocenters. The Morgan fingerprint density at radius 1 is 1.67 bits per heavy atom. The summed E-state index contributed by atoms with van der Waals surface area (Å²) in [5.74, 6) is -0.811. The van der Waals surface area contributed by atoms with Gasteiger partial charge in [-0.05, 0) is 6.92 Å². The highest BCUT2D eigenvalue weighted by Crippen LogP contribution is 2.30. The molecule has 88 valence electrons. The second-order valence-electron chi connectivity index (χ2n) is 3.12. The minimum Gasteiger partial charge on any atom is -0.480 e. The Balaban J connectivity index is 2.94. The number of nitrogens with one attached hydrogen (secondary N) is 1. The van der Waals surface area contributed by atoms with E-state index in [2.05, 4.69) is 4.72 Å². The van der Waals surface area contributed by atoms with Crippen molar-refractivity contribution < 1.29 is 18.3 Å². The lowest BCUT2D eigenvalue weighted by Gasteiger charge is -2.23. The summed E-state index contributed by atoms with van der Waals surface area (Å²) in [7, 11) is -3.67. The molecule has 0 aliphatic carbocycles. The molecule has 2 N–H and O–H groups in total. The maximum atomic E-state index is 11.7. The van der Waals surface area contributed by atoms with Gasteiger partial charge in [0.2, 0.25) is 0 Å². The second kappa shape index (κ2) is 4.69. The van der Waals surface area contributed by atoms with Gasteiger partial charge in [0.25, 0.3) is 10.2 Å². The third-order valence-corrected chi connectivity index (χ3v) is 5.18. The normalized spacial score (nSPS) is 28.1. The monoisotopic (exact) mass is 254 g/mol. The third-order valence-electron chi connectivity index (χ3n) is 2.05. The Morgan fingerprint density at radius 2 is 2.27 bits per heavy atom. The van der Waals surface area contributed by atoms with Crippen molar-refractivity contribution in [3.8, 4) is 0 Å². The topological polar surface area (TPSA) is 86.7 Å². The molecule has 1 aliphatic heterocycles. The average molecular weight is 254 g/mol. The Bertz CT molecular complexity index is 343. The van der Waals surface area contributed by atoms with Crippen LogP contribution in [0.1, 0.15) is 13.8 Å². The molecule has 1 heterocycles. The molecule has 0 aromatic carbocycles. The van der Waals surface area contributed by atoms with Crippen LogP contribution in [0.4, 0.5) is 0 Å². The molecule has 1 aliphatic rings. The van der Waals surface area contributed by atoms with Crippen LogP contribution in [0.2, 0.25) is 0 Å². The first-order valence-electron chi connectivity index (χ1n) is 4.52. The molecule has 0 amide bonds. The van der Waals surface area contributed by atoms with Gasteiger partial charge >= 0.3 is 5.97 Å². The molecular weight excluding hydrogens is 240 g/mol. The van der Waals surface area contributed by atoms with Gasteiger partial charge in [0.05, 0.1) is 5.37 Å². The predicted octanol–water partition coefficient (Wildman–Crippen LogP) is -0.311. The van der Waals surface area contributed by atoms with Crippen LogP contribution in [0, 0.1) is 0 Å². The van der Waals surface area contributed by atoms with E-state index in [1.165, 1.54) is 11.8 Å². The molecule has 1 saturated heterocycles. The van der Waals surface area contributed by atoms with Crippen LogP contribution >= 0.6 is 11.8 Å². The number of carbonyl (C=O) groups is 1. The van der Waals surface area contributed by atoms with Crippen molar-refractivity contribution in [1.82, 2.24) is 9.03 Å². The van der Waals surface area contributed by atoms with E-state index >= 15 is 0 Å². The van der Waals surface area contributed by atoms with Crippen molar-refractivity contribution in [3.05, 3.63) is 0 Å².